The smallest absolute Gasteiger partial charge is 0.269 e. The minimum absolute atomic E-state index is 0.0269. The van der Waals surface area contributed by atoms with Crippen molar-refractivity contribution in [2.24, 2.45) is 5.92 Å². The second-order valence-electron chi connectivity index (χ2n) is 8.20. The van der Waals surface area contributed by atoms with Gasteiger partial charge in [-0.2, -0.15) is 0 Å². The topological polar surface area (TPSA) is 94.1 Å². The van der Waals surface area contributed by atoms with E-state index in [1.165, 1.54) is 36.1 Å². The van der Waals surface area contributed by atoms with E-state index in [9.17, 15) is 10.1 Å². The lowest BCUT2D eigenvalue weighted by Crippen LogP contribution is -2.28. The molecule has 1 aromatic heterocycles. The third-order valence-electron chi connectivity index (χ3n) is 5.39. The van der Waals surface area contributed by atoms with Gasteiger partial charge < -0.3 is 4.42 Å². The molecule has 0 aliphatic rings. The van der Waals surface area contributed by atoms with Crippen LogP contribution in [0.25, 0.3) is 11.5 Å². The zero-order valence-electron chi connectivity index (χ0n) is 18.5. The molecule has 164 valence electrons. The van der Waals surface area contributed by atoms with E-state index < -0.39 is 4.92 Å². The fraction of sp³-hybridized carbons (Fsp3) is 0.417. The Morgan fingerprint density at radius 3 is 2.29 bits per heavy atom. The van der Waals surface area contributed by atoms with Gasteiger partial charge in [-0.15, -0.1) is 10.2 Å². The van der Waals surface area contributed by atoms with Crippen molar-refractivity contribution in [1.82, 2.24) is 15.5 Å². The number of hydrogen-bond donors (Lipinski definition) is 1. The fourth-order valence-electron chi connectivity index (χ4n) is 3.54. The lowest BCUT2D eigenvalue weighted by molar-refractivity contribution is -0.384. The molecule has 0 aliphatic heterocycles. The Hall–Kier alpha value is -3.06. The second-order valence-corrected chi connectivity index (χ2v) is 8.20. The molecule has 7 heteroatoms. The van der Waals surface area contributed by atoms with Crippen LogP contribution in [0.1, 0.15) is 69.6 Å². The Bertz CT molecular complexity index is 981. The number of benzene rings is 2. The molecule has 0 amide bonds. The molecule has 3 aromatic rings. The molecule has 1 heterocycles. The summed E-state index contributed by atoms with van der Waals surface area (Å²) in [6, 6.07) is 14.9. The van der Waals surface area contributed by atoms with Crippen molar-refractivity contribution in [1.29, 1.82) is 0 Å². The Balaban J connectivity index is 1.71. The summed E-state index contributed by atoms with van der Waals surface area (Å²) in [6.07, 6.45) is 3.51. The Labute approximate surface area is 183 Å². The summed E-state index contributed by atoms with van der Waals surface area (Å²) in [7, 11) is 0. The van der Waals surface area contributed by atoms with E-state index in [1.54, 1.807) is 12.1 Å². The summed E-state index contributed by atoms with van der Waals surface area (Å²) >= 11 is 0. The second kappa shape index (κ2) is 10.3. The highest BCUT2D eigenvalue weighted by atomic mass is 16.6. The maximum Gasteiger partial charge on any atom is 0.269 e. The third kappa shape index (κ3) is 5.76. The number of aryl methyl sites for hydroxylation is 1. The Morgan fingerprint density at radius 1 is 1.03 bits per heavy atom. The van der Waals surface area contributed by atoms with E-state index in [2.05, 4.69) is 60.6 Å². The molecule has 1 N–H and O–H groups in total. The molecule has 0 saturated carbocycles. The summed E-state index contributed by atoms with van der Waals surface area (Å²) in [6.45, 7) is 8.58. The molecule has 3 rings (SSSR count). The predicted molar refractivity (Wildman–Crippen MR) is 121 cm³/mol. The SMILES string of the molecule is CCCCc1ccc([C@H](N[C@@H](C)c2nnc(-c3ccc([N+](=O)[O-])cc3)o2)C(C)C)cc1. The first kappa shape index (κ1) is 22.6. The van der Waals surface area contributed by atoms with Gasteiger partial charge >= 0.3 is 0 Å². The summed E-state index contributed by atoms with van der Waals surface area (Å²) in [5.74, 6) is 1.21. The van der Waals surface area contributed by atoms with Crippen LogP contribution in [0.3, 0.4) is 0 Å². The lowest BCUT2D eigenvalue weighted by Gasteiger charge is -2.25. The van der Waals surface area contributed by atoms with Crippen LogP contribution in [0, 0.1) is 16.0 Å². The first-order valence-corrected chi connectivity index (χ1v) is 10.8. The number of nitro benzene ring substituents is 1. The van der Waals surface area contributed by atoms with Crippen LogP contribution in [0.15, 0.2) is 52.9 Å². The molecule has 0 saturated heterocycles. The molecule has 0 aliphatic carbocycles. The number of rotatable bonds is 10. The first-order valence-electron chi connectivity index (χ1n) is 10.8. The highest BCUT2D eigenvalue weighted by Gasteiger charge is 2.22. The van der Waals surface area contributed by atoms with Crippen molar-refractivity contribution in [2.45, 2.75) is 59.0 Å². The van der Waals surface area contributed by atoms with Gasteiger partial charge in [-0.3, -0.25) is 15.4 Å². The van der Waals surface area contributed by atoms with Crippen LogP contribution in [-0.2, 0) is 6.42 Å². The van der Waals surface area contributed by atoms with Gasteiger partial charge in [0.15, 0.2) is 0 Å². The number of unbranched alkanes of at least 4 members (excludes halogenated alkanes) is 1. The van der Waals surface area contributed by atoms with Crippen LogP contribution < -0.4 is 5.32 Å². The number of aromatic nitrogens is 2. The highest BCUT2D eigenvalue weighted by molar-refractivity contribution is 5.55. The van der Waals surface area contributed by atoms with Gasteiger partial charge in [-0.1, -0.05) is 51.5 Å². The average Bonchev–Trinajstić information content (AvgIpc) is 3.26. The normalized spacial score (nSPS) is 13.3. The zero-order valence-corrected chi connectivity index (χ0v) is 18.5. The minimum atomic E-state index is -0.433. The molecule has 0 unspecified atom stereocenters. The Kier molecular flexibility index (Phi) is 7.52. The minimum Gasteiger partial charge on any atom is -0.419 e. The van der Waals surface area contributed by atoms with Crippen molar-refractivity contribution in [3.63, 3.8) is 0 Å². The quantitative estimate of drug-likeness (QED) is 0.316. The monoisotopic (exact) mass is 422 g/mol. The van der Waals surface area contributed by atoms with Gasteiger partial charge in [0.1, 0.15) is 0 Å². The van der Waals surface area contributed by atoms with E-state index >= 15 is 0 Å². The molecular weight excluding hydrogens is 392 g/mol. The molecular formula is C24H30N4O3. The van der Waals surface area contributed by atoms with E-state index in [0.29, 0.717) is 23.3 Å². The van der Waals surface area contributed by atoms with E-state index in [4.69, 9.17) is 4.42 Å². The van der Waals surface area contributed by atoms with Crippen molar-refractivity contribution in [2.75, 3.05) is 0 Å². The molecule has 2 aromatic carbocycles. The van der Waals surface area contributed by atoms with Crippen LogP contribution in [0.5, 0.6) is 0 Å². The first-order chi connectivity index (χ1) is 14.9. The van der Waals surface area contributed by atoms with Gasteiger partial charge in [0.25, 0.3) is 5.69 Å². The standard InChI is InChI=1S/C24H30N4O3/c1-5-6-7-18-8-10-19(11-9-18)22(16(2)3)25-17(4)23-26-27-24(31-23)20-12-14-21(15-13-20)28(29)30/h8-17,22,25H,5-7H2,1-4H3/t17-,22+/m0/s1. The maximum absolute atomic E-state index is 10.8. The van der Waals surface area contributed by atoms with Gasteiger partial charge in [0.05, 0.1) is 11.0 Å². The van der Waals surface area contributed by atoms with E-state index in [1.807, 2.05) is 6.92 Å². The van der Waals surface area contributed by atoms with Crippen molar-refractivity contribution < 1.29 is 9.34 Å². The summed E-state index contributed by atoms with van der Waals surface area (Å²) in [5, 5.41) is 22.8. The summed E-state index contributed by atoms with van der Waals surface area (Å²) in [4.78, 5) is 10.4. The summed E-state index contributed by atoms with van der Waals surface area (Å²) < 4.78 is 5.86. The van der Waals surface area contributed by atoms with Crippen LogP contribution in [0.2, 0.25) is 0 Å². The zero-order chi connectivity index (χ0) is 22.4. The summed E-state index contributed by atoms with van der Waals surface area (Å²) in [5.41, 5.74) is 3.28. The molecule has 0 bridgehead atoms. The van der Waals surface area contributed by atoms with Gasteiger partial charge in [-0.25, -0.2) is 0 Å². The van der Waals surface area contributed by atoms with Crippen LogP contribution >= 0.6 is 0 Å². The number of non-ortho nitro benzene ring substituents is 1. The van der Waals surface area contributed by atoms with E-state index in [0.717, 1.165) is 6.42 Å². The lowest BCUT2D eigenvalue weighted by atomic mass is 9.94. The molecule has 0 fully saturated rings. The van der Waals surface area contributed by atoms with Crippen molar-refractivity contribution in [3.05, 3.63) is 75.7 Å². The number of nitro groups is 1. The number of nitrogens with zero attached hydrogens (tertiary/aromatic N) is 3. The predicted octanol–water partition coefficient (Wildman–Crippen LogP) is 6.04. The van der Waals surface area contributed by atoms with Crippen molar-refractivity contribution in [3.8, 4) is 11.5 Å². The van der Waals surface area contributed by atoms with Gasteiger partial charge in [0, 0.05) is 23.7 Å². The van der Waals surface area contributed by atoms with Gasteiger partial charge in [-0.05, 0) is 48.9 Å². The van der Waals surface area contributed by atoms with E-state index in [-0.39, 0.29) is 17.8 Å². The number of hydrogen-bond acceptors (Lipinski definition) is 6. The molecule has 0 radical (unpaired) electrons. The molecule has 31 heavy (non-hydrogen) atoms. The van der Waals surface area contributed by atoms with Crippen LogP contribution in [0.4, 0.5) is 5.69 Å². The third-order valence-corrected chi connectivity index (χ3v) is 5.39. The van der Waals surface area contributed by atoms with Crippen molar-refractivity contribution >= 4 is 5.69 Å². The average molecular weight is 423 g/mol. The molecule has 0 spiro atoms. The molecule has 7 nitrogen and oxygen atoms in total. The Morgan fingerprint density at radius 2 is 1.71 bits per heavy atom. The van der Waals surface area contributed by atoms with Crippen LogP contribution in [-0.4, -0.2) is 15.1 Å². The maximum atomic E-state index is 10.8. The largest absolute Gasteiger partial charge is 0.419 e. The van der Waals surface area contributed by atoms with Gasteiger partial charge in [0.2, 0.25) is 11.8 Å². The highest BCUT2D eigenvalue weighted by Crippen LogP contribution is 2.28. The number of nitrogens with one attached hydrogen (secondary N) is 1. The molecule has 2 atom stereocenters. The fourth-order valence-corrected chi connectivity index (χ4v) is 3.54.